The SMILES string of the molecule is C#C/C=C\C(=C/C)c1nc(-c2ccccc2)nc(-c2cc(-c3ccccc3)cc(-c3ccc4c(c3)C(C)(C)c3ccccc3-4)c2)n1. The third-order valence-electron chi connectivity index (χ3n) is 8.81. The first kappa shape index (κ1) is 28.9. The number of hydrogen-bond donors (Lipinski definition) is 0. The average molecular weight is 592 g/mol. The number of hydrogen-bond acceptors (Lipinski definition) is 3. The highest BCUT2D eigenvalue weighted by Crippen LogP contribution is 2.49. The van der Waals surface area contributed by atoms with Crippen LogP contribution in [0.25, 0.3) is 61.7 Å². The highest BCUT2D eigenvalue weighted by Gasteiger charge is 2.35. The van der Waals surface area contributed by atoms with E-state index in [1.165, 1.54) is 22.3 Å². The van der Waals surface area contributed by atoms with Crippen molar-refractivity contribution in [2.45, 2.75) is 26.2 Å². The second kappa shape index (κ2) is 11.9. The molecule has 46 heavy (non-hydrogen) atoms. The van der Waals surface area contributed by atoms with Crippen LogP contribution >= 0.6 is 0 Å². The van der Waals surface area contributed by atoms with Gasteiger partial charge in [0.05, 0.1) is 0 Å². The minimum atomic E-state index is -0.0930. The fourth-order valence-electron chi connectivity index (χ4n) is 6.39. The number of nitrogens with zero attached hydrogens (tertiary/aromatic N) is 3. The Balaban J connectivity index is 1.44. The van der Waals surface area contributed by atoms with Crippen molar-refractivity contribution < 1.29 is 0 Å². The lowest BCUT2D eigenvalue weighted by Gasteiger charge is -2.22. The van der Waals surface area contributed by atoms with Crippen LogP contribution in [0, 0.1) is 12.3 Å². The van der Waals surface area contributed by atoms with E-state index >= 15 is 0 Å². The van der Waals surface area contributed by atoms with Gasteiger partial charge in [-0.1, -0.05) is 123 Å². The van der Waals surface area contributed by atoms with Crippen LogP contribution in [-0.2, 0) is 5.41 Å². The van der Waals surface area contributed by atoms with Crippen molar-refractivity contribution in [2.24, 2.45) is 0 Å². The molecule has 0 bridgehead atoms. The van der Waals surface area contributed by atoms with Gasteiger partial charge in [0.15, 0.2) is 17.5 Å². The van der Waals surface area contributed by atoms with Gasteiger partial charge >= 0.3 is 0 Å². The molecule has 0 atom stereocenters. The van der Waals surface area contributed by atoms with Gasteiger partial charge in [0, 0.05) is 22.1 Å². The van der Waals surface area contributed by atoms with Crippen molar-refractivity contribution in [3.63, 3.8) is 0 Å². The fraction of sp³-hybridized carbons (Fsp3) is 0.0930. The smallest absolute Gasteiger partial charge is 0.164 e. The van der Waals surface area contributed by atoms with Crippen LogP contribution in [0.4, 0.5) is 0 Å². The molecule has 3 heteroatoms. The van der Waals surface area contributed by atoms with Gasteiger partial charge in [0.25, 0.3) is 0 Å². The number of allylic oxidation sites excluding steroid dienone is 4. The van der Waals surface area contributed by atoms with Crippen LogP contribution in [0.2, 0.25) is 0 Å². The summed E-state index contributed by atoms with van der Waals surface area (Å²) >= 11 is 0. The largest absolute Gasteiger partial charge is 0.208 e. The molecule has 0 fully saturated rings. The first-order valence-electron chi connectivity index (χ1n) is 15.5. The minimum Gasteiger partial charge on any atom is -0.208 e. The quantitative estimate of drug-likeness (QED) is 0.143. The summed E-state index contributed by atoms with van der Waals surface area (Å²) in [5, 5.41) is 0. The fourth-order valence-corrected chi connectivity index (χ4v) is 6.39. The van der Waals surface area contributed by atoms with E-state index < -0.39 is 0 Å². The molecular weight excluding hydrogens is 558 g/mol. The van der Waals surface area contributed by atoms with Gasteiger partial charge in [-0.2, -0.15) is 0 Å². The van der Waals surface area contributed by atoms with Crippen molar-refractivity contribution >= 4 is 5.57 Å². The number of benzene rings is 5. The van der Waals surface area contributed by atoms with Gasteiger partial charge in [0.1, 0.15) is 0 Å². The Morgan fingerprint density at radius 2 is 1.17 bits per heavy atom. The average Bonchev–Trinajstić information content (AvgIpc) is 3.34. The molecule has 0 aliphatic heterocycles. The van der Waals surface area contributed by atoms with Gasteiger partial charge in [0.2, 0.25) is 0 Å². The molecular formula is C43H33N3. The Morgan fingerprint density at radius 1 is 0.587 bits per heavy atom. The zero-order chi connectivity index (χ0) is 31.7. The maximum Gasteiger partial charge on any atom is 0.164 e. The molecule has 7 rings (SSSR count). The van der Waals surface area contributed by atoms with Crippen LogP contribution in [-0.4, -0.2) is 15.0 Å². The molecule has 1 aliphatic rings. The summed E-state index contributed by atoms with van der Waals surface area (Å²) in [5.74, 6) is 4.36. The summed E-state index contributed by atoms with van der Waals surface area (Å²) in [6.45, 7) is 6.60. The summed E-state index contributed by atoms with van der Waals surface area (Å²) in [6, 6.07) is 42.7. The number of terminal acetylenes is 1. The standard InChI is InChI=1S/C43H33N3/c1-5-7-16-29(6-2)40-44-41(31-19-12-9-13-20-31)46-42(45-40)35-26-33(30-17-10-8-11-18-30)25-34(27-35)32-23-24-37-36-21-14-15-22-38(36)43(3,4)39(37)28-32/h1,6-28H,2-4H3/b16-7-,29-6+. The van der Waals surface area contributed by atoms with Crippen molar-refractivity contribution in [3.8, 4) is 68.5 Å². The molecule has 3 nitrogen and oxygen atoms in total. The second-order valence-corrected chi connectivity index (χ2v) is 12.0. The first-order chi connectivity index (χ1) is 22.5. The minimum absolute atomic E-state index is 0.0930. The maximum absolute atomic E-state index is 5.55. The van der Waals surface area contributed by atoms with Crippen molar-refractivity contribution in [2.75, 3.05) is 0 Å². The van der Waals surface area contributed by atoms with E-state index in [4.69, 9.17) is 21.4 Å². The lowest BCUT2D eigenvalue weighted by atomic mass is 9.81. The first-order valence-corrected chi connectivity index (χ1v) is 15.5. The second-order valence-electron chi connectivity index (χ2n) is 12.0. The molecule has 0 amide bonds. The lowest BCUT2D eigenvalue weighted by Crippen LogP contribution is -2.14. The summed E-state index contributed by atoms with van der Waals surface area (Å²) in [5.41, 5.74) is 12.4. The van der Waals surface area contributed by atoms with Gasteiger partial charge in [-0.25, -0.2) is 15.0 Å². The molecule has 0 saturated heterocycles. The van der Waals surface area contributed by atoms with Crippen LogP contribution in [0.3, 0.4) is 0 Å². The van der Waals surface area contributed by atoms with Crippen molar-refractivity contribution in [1.82, 2.24) is 15.0 Å². The Labute approximate surface area is 271 Å². The zero-order valence-electron chi connectivity index (χ0n) is 26.2. The highest BCUT2D eigenvalue weighted by molar-refractivity contribution is 5.86. The Kier molecular flexibility index (Phi) is 7.48. The molecule has 1 aromatic heterocycles. The molecule has 5 aromatic carbocycles. The topological polar surface area (TPSA) is 38.7 Å². The van der Waals surface area contributed by atoms with E-state index in [-0.39, 0.29) is 5.41 Å². The predicted molar refractivity (Wildman–Crippen MR) is 191 cm³/mol. The summed E-state index contributed by atoms with van der Waals surface area (Å²) < 4.78 is 0. The molecule has 0 spiro atoms. The maximum atomic E-state index is 5.55. The molecule has 220 valence electrons. The van der Waals surface area contributed by atoms with Crippen molar-refractivity contribution in [3.05, 3.63) is 157 Å². The Bertz CT molecular complexity index is 2180. The third-order valence-corrected chi connectivity index (χ3v) is 8.81. The molecule has 1 heterocycles. The van der Waals surface area contributed by atoms with Gasteiger partial charge in [-0.05, 0) is 87.8 Å². The molecule has 6 aromatic rings. The lowest BCUT2D eigenvalue weighted by molar-refractivity contribution is 0.660. The number of rotatable bonds is 6. The normalized spacial score (nSPS) is 13.3. The molecule has 0 unspecified atom stereocenters. The van der Waals surface area contributed by atoms with Gasteiger partial charge in [-0.15, -0.1) is 6.42 Å². The number of aromatic nitrogens is 3. The Hall–Kier alpha value is -5.85. The van der Waals surface area contributed by atoms with Gasteiger partial charge < -0.3 is 0 Å². The van der Waals surface area contributed by atoms with E-state index in [1.807, 2.05) is 55.5 Å². The summed E-state index contributed by atoms with van der Waals surface area (Å²) in [6.07, 6.45) is 11.1. The summed E-state index contributed by atoms with van der Waals surface area (Å²) in [7, 11) is 0. The zero-order valence-corrected chi connectivity index (χ0v) is 26.2. The molecule has 0 saturated carbocycles. The highest BCUT2D eigenvalue weighted by atomic mass is 15.0. The number of fused-ring (bicyclic) bond motifs is 3. The van der Waals surface area contributed by atoms with Crippen LogP contribution in [0.15, 0.2) is 140 Å². The van der Waals surface area contributed by atoms with Crippen LogP contribution in [0.1, 0.15) is 37.7 Å². The van der Waals surface area contributed by atoms with E-state index in [9.17, 15) is 0 Å². The summed E-state index contributed by atoms with van der Waals surface area (Å²) in [4.78, 5) is 14.9. The van der Waals surface area contributed by atoms with E-state index in [0.717, 1.165) is 39.0 Å². The van der Waals surface area contributed by atoms with E-state index in [0.29, 0.717) is 17.5 Å². The van der Waals surface area contributed by atoms with E-state index in [1.54, 1.807) is 6.08 Å². The predicted octanol–water partition coefficient (Wildman–Crippen LogP) is 10.4. The van der Waals surface area contributed by atoms with Gasteiger partial charge in [-0.3, -0.25) is 0 Å². The van der Waals surface area contributed by atoms with Crippen LogP contribution in [0.5, 0.6) is 0 Å². The van der Waals surface area contributed by atoms with E-state index in [2.05, 4.69) is 105 Å². The van der Waals surface area contributed by atoms with Crippen LogP contribution < -0.4 is 0 Å². The third kappa shape index (κ3) is 5.25. The molecule has 0 N–H and O–H groups in total. The van der Waals surface area contributed by atoms with Crippen molar-refractivity contribution in [1.29, 1.82) is 0 Å². The monoisotopic (exact) mass is 591 g/mol. The molecule has 0 radical (unpaired) electrons. The Morgan fingerprint density at radius 3 is 1.87 bits per heavy atom. The molecule has 1 aliphatic carbocycles.